The first-order valence-electron chi connectivity index (χ1n) is 9.56. The molecule has 1 aliphatic carbocycles. The highest BCUT2D eigenvalue weighted by atomic mass is 16.5. The van der Waals surface area contributed by atoms with E-state index in [4.69, 9.17) is 9.47 Å². The summed E-state index contributed by atoms with van der Waals surface area (Å²) < 4.78 is 10.2. The van der Waals surface area contributed by atoms with Gasteiger partial charge < -0.3 is 14.5 Å². The van der Waals surface area contributed by atoms with E-state index in [0.717, 1.165) is 24.8 Å². The normalized spacial score (nSPS) is 12.5. The SMILES string of the molecule is CCOC(=O)c1c(C)[nH]c(C)c1C(=O)COC(=O)Cc1ccc2c(c1)CCC2. The van der Waals surface area contributed by atoms with Crippen molar-refractivity contribution in [1.82, 2.24) is 4.98 Å². The van der Waals surface area contributed by atoms with Crippen LogP contribution in [0.1, 0.15) is 62.1 Å². The van der Waals surface area contributed by atoms with Gasteiger partial charge in [0.1, 0.15) is 0 Å². The minimum absolute atomic E-state index is 0.121. The topological polar surface area (TPSA) is 85.5 Å². The highest BCUT2D eigenvalue weighted by Gasteiger charge is 2.26. The number of carbonyl (C=O) groups excluding carboxylic acids is 3. The van der Waals surface area contributed by atoms with Gasteiger partial charge in [0.25, 0.3) is 0 Å². The minimum Gasteiger partial charge on any atom is -0.462 e. The van der Waals surface area contributed by atoms with Crippen molar-refractivity contribution in [2.45, 2.75) is 46.5 Å². The van der Waals surface area contributed by atoms with E-state index in [2.05, 4.69) is 11.1 Å². The van der Waals surface area contributed by atoms with E-state index < -0.39 is 24.3 Å². The van der Waals surface area contributed by atoms with Gasteiger partial charge in [-0.2, -0.15) is 0 Å². The molecule has 28 heavy (non-hydrogen) atoms. The van der Waals surface area contributed by atoms with E-state index in [-0.39, 0.29) is 24.2 Å². The van der Waals surface area contributed by atoms with Crippen LogP contribution in [-0.2, 0) is 33.5 Å². The van der Waals surface area contributed by atoms with E-state index in [1.165, 1.54) is 11.1 Å². The summed E-state index contributed by atoms with van der Waals surface area (Å²) in [6.07, 6.45) is 3.40. The quantitative estimate of drug-likeness (QED) is 0.586. The lowest BCUT2D eigenvalue weighted by Crippen LogP contribution is -2.19. The van der Waals surface area contributed by atoms with Crippen molar-refractivity contribution in [2.75, 3.05) is 13.2 Å². The standard InChI is InChI=1S/C22H25NO5/c1-4-27-22(26)21-14(3)23-13(2)20(21)18(24)12-28-19(25)11-15-8-9-16-6-5-7-17(16)10-15/h8-10,23H,4-7,11-12H2,1-3H3. The van der Waals surface area contributed by atoms with Crippen LogP contribution in [0.5, 0.6) is 0 Å². The molecule has 1 aromatic heterocycles. The van der Waals surface area contributed by atoms with Crippen LogP contribution in [0.15, 0.2) is 18.2 Å². The fourth-order valence-electron chi connectivity index (χ4n) is 3.76. The average molecular weight is 383 g/mol. The van der Waals surface area contributed by atoms with Crippen LogP contribution in [-0.4, -0.2) is 35.9 Å². The molecule has 0 amide bonds. The fourth-order valence-corrected chi connectivity index (χ4v) is 3.76. The van der Waals surface area contributed by atoms with Crippen molar-refractivity contribution < 1.29 is 23.9 Å². The Balaban J connectivity index is 1.64. The maximum atomic E-state index is 12.6. The van der Waals surface area contributed by atoms with Crippen LogP contribution >= 0.6 is 0 Å². The molecule has 3 rings (SSSR count). The second-order valence-electron chi connectivity index (χ2n) is 7.06. The molecule has 0 unspecified atom stereocenters. The number of aromatic amines is 1. The largest absolute Gasteiger partial charge is 0.462 e. The Hall–Kier alpha value is -2.89. The Morgan fingerprint density at radius 2 is 1.71 bits per heavy atom. The Bertz CT molecular complexity index is 925. The predicted octanol–water partition coefficient (Wildman–Crippen LogP) is 3.27. The van der Waals surface area contributed by atoms with E-state index in [0.29, 0.717) is 11.4 Å². The Labute approximate surface area is 164 Å². The van der Waals surface area contributed by atoms with Crippen LogP contribution in [0.25, 0.3) is 0 Å². The number of nitrogens with one attached hydrogen (secondary N) is 1. The van der Waals surface area contributed by atoms with Crippen molar-refractivity contribution in [2.24, 2.45) is 0 Å². The summed E-state index contributed by atoms with van der Waals surface area (Å²) in [5, 5.41) is 0. The Morgan fingerprint density at radius 3 is 2.46 bits per heavy atom. The van der Waals surface area contributed by atoms with Crippen molar-refractivity contribution in [3.63, 3.8) is 0 Å². The molecule has 0 aliphatic heterocycles. The number of hydrogen-bond donors (Lipinski definition) is 1. The van der Waals surface area contributed by atoms with E-state index in [1.54, 1.807) is 20.8 Å². The number of ketones is 1. The molecule has 0 fully saturated rings. The second-order valence-corrected chi connectivity index (χ2v) is 7.06. The smallest absolute Gasteiger partial charge is 0.340 e. The van der Waals surface area contributed by atoms with Gasteiger partial charge in [-0.25, -0.2) is 4.79 Å². The van der Waals surface area contributed by atoms with Crippen LogP contribution in [0.4, 0.5) is 0 Å². The maximum Gasteiger partial charge on any atom is 0.340 e. The maximum absolute atomic E-state index is 12.6. The van der Waals surface area contributed by atoms with Gasteiger partial charge in [0, 0.05) is 11.4 Å². The molecule has 0 saturated carbocycles. The Kier molecular flexibility index (Phi) is 5.97. The molecule has 0 spiro atoms. The first-order chi connectivity index (χ1) is 13.4. The number of carbonyl (C=O) groups is 3. The lowest BCUT2D eigenvalue weighted by atomic mass is 10.0. The molecule has 0 atom stereocenters. The number of ether oxygens (including phenoxy) is 2. The van der Waals surface area contributed by atoms with Gasteiger partial charge in [-0.15, -0.1) is 0 Å². The third-order valence-corrected chi connectivity index (χ3v) is 5.01. The summed E-state index contributed by atoms with van der Waals surface area (Å²) in [7, 11) is 0. The van der Waals surface area contributed by atoms with Crippen LogP contribution in [0, 0.1) is 13.8 Å². The first-order valence-corrected chi connectivity index (χ1v) is 9.56. The number of esters is 2. The third kappa shape index (κ3) is 4.16. The average Bonchev–Trinajstić information content (AvgIpc) is 3.22. The van der Waals surface area contributed by atoms with Crippen LogP contribution in [0.2, 0.25) is 0 Å². The molecule has 1 N–H and O–H groups in total. The number of rotatable bonds is 7. The minimum atomic E-state index is -0.558. The molecule has 2 aromatic rings. The van der Waals surface area contributed by atoms with Crippen molar-refractivity contribution >= 4 is 17.7 Å². The highest BCUT2D eigenvalue weighted by Crippen LogP contribution is 2.23. The molecule has 1 aromatic carbocycles. The van der Waals surface area contributed by atoms with E-state index >= 15 is 0 Å². The Morgan fingerprint density at radius 1 is 1.00 bits per heavy atom. The third-order valence-electron chi connectivity index (χ3n) is 5.01. The summed E-state index contributed by atoms with van der Waals surface area (Å²) in [6, 6.07) is 6.04. The molecule has 6 heteroatoms. The number of Topliss-reactive ketones (excluding diaryl/α,β-unsaturated/α-hetero) is 1. The molecular weight excluding hydrogens is 358 g/mol. The zero-order valence-electron chi connectivity index (χ0n) is 16.5. The van der Waals surface area contributed by atoms with E-state index in [9.17, 15) is 14.4 Å². The monoisotopic (exact) mass is 383 g/mol. The fraction of sp³-hybridized carbons (Fsp3) is 0.409. The molecular formula is C22H25NO5. The van der Waals surface area contributed by atoms with Crippen molar-refractivity contribution in [3.05, 3.63) is 57.4 Å². The number of fused-ring (bicyclic) bond motifs is 1. The van der Waals surface area contributed by atoms with Gasteiger partial charge in [0.15, 0.2) is 6.61 Å². The lowest BCUT2D eigenvalue weighted by molar-refractivity contribution is -0.141. The number of H-pyrrole nitrogens is 1. The van der Waals surface area contributed by atoms with Gasteiger partial charge >= 0.3 is 11.9 Å². The highest BCUT2D eigenvalue weighted by molar-refractivity contribution is 6.09. The molecule has 6 nitrogen and oxygen atoms in total. The molecule has 1 aliphatic rings. The molecule has 148 valence electrons. The summed E-state index contributed by atoms with van der Waals surface area (Å²) in [4.78, 5) is 40.0. The zero-order chi connectivity index (χ0) is 20.3. The molecule has 1 heterocycles. The number of aryl methyl sites for hydroxylation is 4. The van der Waals surface area contributed by atoms with Crippen LogP contribution < -0.4 is 0 Å². The van der Waals surface area contributed by atoms with Gasteiger partial charge in [-0.1, -0.05) is 18.2 Å². The lowest BCUT2D eigenvalue weighted by Gasteiger charge is -2.08. The summed E-state index contributed by atoms with van der Waals surface area (Å²) in [5.41, 5.74) is 5.07. The summed E-state index contributed by atoms with van der Waals surface area (Å²) in [5.74, 6) is -1.45. The van der Waals surface area contributed by atoms with Crippen molar-refractivity contribution in [1.29, 1.82) is 0 Å². The summed E-state index contributed by atoms with van der Waals surface area (Å²) in [6.45, 7) is 4.92. The van der Waals surface area contributed by atoms with Gasteiger partial charge in [-0.05, 0) is 56.7 Å². The molecule has 0 radical (unpaired) electrons. The first kappa shape index (κ1) is 19.9. The summed E-state index contributed by atoms with van der Waals surface area (Å²) >= 11 is 0. The zero-order valence-corrected chi connectivity index (χ0v) is 16.5. The van der Waals surface area contributed by atoms with Gasteiger partial charge in [0.2, 0.25) is 5.78 Å². The number of aromatic nitrogens is 1. The van der Waals surface area contributed by atoms with E-state index in [1.807, 2.05) is 12.1 Å². The second kappa shape index (κ2) is 8.42. The predicted molar refractivity (Wildman–Crippen MR) is 104 cm³/mol. The van der Waals surface area contributed by atoms with Gasteiger partial charge in [0.05, 0.1) is 24.2 Å². The van der Waals surface area contributed by atoms with Gasteiger partial charge in [-0.3, -0.25) is 9.59 Å². The number of benzene rings is 1. The van der Waals surface area contributed by atoms with Crippen LogP contribution in [0.3, 0.4) is 0 Å². The van der Waals surface area contributed by atoms with Crippen molar-refractivity contribution in [3.8, 4) is 0 Å². The number of hydrogen-bond acceptors (Lipinski definition) is 5. The molecule has 0 bridgehead atoms. The molecule has 0 saturated heterocycles.